The van der Waals surface area contributed by atoms with Crippen LogP contribution in [0.15, 0.2) is 24.3 Å². The lowest BCUT2D eigenvalue weighted by Gasteiger charge is -2.36. The van der Waals surface area contributed by atoms with Gasteiger partial charge in [-0.05, 0) is 49.9 Å². The van der Waals surface area contributed by atoms with Crippen molar-refractivity contribution in [2.75, 3.05) is 55.6 Å². The Morgan fingerprint density at radius 3 is 2.00 bits per heavy atom. The van der Waals surface area contributed by atoms with Gasteiger partial charge in [0.2, 0.25) is 0 Å². The molecule has 26 heavy (non-hydrogen) atoms. The highest BCUT2D eigenvalue weighted by Crippen LogP contribution is 2.24. The van der Waals surface area contributed by atoms with E-state index in [0.717, 1.165) is 39.1 Å². The van der Waals surface area contributed by atoms with Crippen molar-refractivity contribution in [3.05, 3.63) is 24.3 Å². The molecule has 2 amide bonds. The quantitative estimate of drug-likeness (QED) is 0.788. The largest absolute Gasteiger partial charge is 0.372 e. The predicted molar refractivity (Wildman–Crippen MR) is 109 cm³/mol. The smallest absolute Gasteiger partial charge is 0.317 e. The molecule has 0 unspecified atom stereocenters. The maximum absolute atomic E-state index is 12.2. The number of hydrogen-bond acceptors (Lipinski definition) is 3. The van der Waals surface area contributed by atoms with E-state index in [-0.39, 0.29) is 6.03 Å². The van der Waals surface area contributed by atoms with Gasteiger partial charge in [-0.2, -0.15) is 0 Å². The molecule has 0 aromatic heterocycles. The number of hydrogen-bond donors (Lipinski definition) is 1. The monoisotopic (exact) mass is 358 g/mol. The molecule has 0 bridgehead atoms. The van der Waals surface area contributed by atoms with Crippen LogP contribution in [0.5, 0.6) is 0 Å². The lowest BCUT2D eigenvalue weighted by Crippen LogP contribution is -2.52. The SMILES string of the molecule is CCCCCNC(=O)N1CCN(c2ccc(N3CCCCC3)cc2)CC1. The fraction of sp³-hybridized carbons (Fsp3) is 0.667. The number of nitrogens with one attached hydrogen (secondary N) is 1. The van der Waals surface area contributed by atoms with Crippen molar-refractivity contribution in [2.24, 2.45) is 0 Å². The van der Waals surface area contributed by atoms with Crippen LogP contribution in [0.2, 0.25) is 0 Å². The van der Waals surface area contributed by atoms with Gasteiger partial charge in [0.25, 0.3) is 0 Å². The zero-order chi connectivity index (χ0) is 18.2. The zero-order valence-corrected chi connectivity index (χ0v) is 16.3. The first-order chi connectivity index (χ1) is 12.8. The lowest BCUT2D eigenvalue weighted by atomic mass is 10.1. The minimum Gasteiger partial charge on any atom is -0.372 e. The first-order valence-electron chi connectivity index (χ1n) is 10.4. The van der Waals surface area contributed by atoms with Gasteiger partial charge >= 0.3 is 6.03 Å². The predicted octanol–water partition coefficient (Wildman–Crippen LogP) is 3.70. The van der Waals surface area contributed by atoms with Crippen molar-refractivity contribution >= 4 is 17.4 Å². The summed E-state index contributed by atoms with van der Waals surface area (Å²) in [5.74, 6) is 0. The Labute approximate surface area is 158 Å². The third-order valence-electron chi connectivity index (χ3n) is 5.56. The van der Waals surface area contributed by atoms with Gasteiger partial charge in [-0.15, -0.1) is 0 Å². The van der Waals surface area contributed by atoms with Crippen LogP contribution in [0, 0.1) is 0 Å². The number of piperidine rings is 1. The van der Waals surface area contributed by atoms with Crippen LogP contribution in [0.4, 0.5) is 16.2 Å². The number of unbranched alkanes of at least 4 members (excludes halogenated alkanes) is 2. The van der Waals surface area contributed by atoms with Gasteiger partial charge in [-0.25, -0.2) is 4.79 Å². The molecule has 0 atom stereocenters. The normalized spacial score (nSPS) is 18.1. The molecule has 1 aromatic rings. The highest BCUT2D eigenvalue weighted by atomic mass is 16.2. The summed E-state index contributed by atoms with van der Waals surface area (Å²) < 4.78 is 0. The van der Waals surface area contributed by atoms with Crippen LogP contribution >= 0.6 is 0 Å². The average Bonchev–Trinajstić information content (AvgIpc) is 2.72. The summed E-state index contributed by atoms with van der Waals surface area (Å²) in [6.07, 6.45) is 7.43. The molecule has 3 rings (SSSR count). The number of nitrogens with zero attached hydrogens (tertiary/aromatic N) is 3. The summed E-state index contributed by atoms with van der Waals surface area (Å²) in [7, 11) is 0. The van der Waals surface area contributed by atoms with E-state index in [1.54, 1.807) is 0 Å². The second-order valence-corrected chi connectivity index (χ2v) is 7.48. The van der Waals surface area contributed by atoms with Crippen molar-refractivity contribution in [2.45, 2.75) is 45.4 Å². The molecular weight excluding hydrogens is 324 g/mol. The molecule has 0 saturated carbocycles. The Morgan fingerprint density at radius 1 is 0.846 bits per heavy atom. The highest BCUT2D eigenvalue weighted by molar-refractivity contribution is 5.74. The first-order valence-corrected chi connectivity index (χ1v) is 10.4. The summed E-state index contributed by atoms with van der Waals surface area (Å²) in [6.45, 7) is 8.76. The van der Waals surface area contributed by atoms with Gasteiger partial charge in [0.05, 0.1) is 0 Å². The van der Waals surface area contributed by atoms with E-state index in [1.165, 1.54) is 56.6 Å². The van der Waals surface area contributed by atoms with Gasteiger partial charge in [0, 0.05) is 57.2 Å². The Bertz CT molecular complexity index is 546. The Morgan fingerprint density at radius 2 is 1.42 bits per heavy atom. The van der Waals surface area contributed by atoms with Gasteiger partial charge in [-0.1, -0.05) is 19.8 Å². The number of urea groups is 1. The van der Waals surface area contributed by atoms with E-state index in [0.29, 0.717) is 0 Å². The number of benzene rings is 1. The fourth-order valence-corrected chi connectivity index (χ4v) is 3.88. The van der Waals surface area contributed by atoms with Gasteiger partial charge < -0.3 is 20.0 Å². The van der Waals surface area contributed by atoms with Crippen LogP contribution in [-0.4, -0.2) is 56.7 Å². The molecule has 144 valence electrons. The van der Waals surface area contributed by atoms with E-state index >= 15 is 0 Å². The minimum absolute atomic E-state index is 0.0983. The molecule has 1 N–H and O–H groups in total. The molecule has 2 aliphatic rings. The number of piperazine rings is 1. The Balaban J connectivity index is 1.44. The Hall–Kier alpha value is -1.91. The molecule has 0 radical (unpaired) electrons. The molecule has 0 spiro atoms. The van der Waals surface area contributed by atoms with Gasteiger partial charge in [0.1, 0.15) is 0 Å². The van der Waals surface area contributed by atoms with E-state index in [9.17, 15) is 4.79 Å². The lowest BCUT2D eigenvalue weighted by molar-refractivity contribution is 0.194. The third kappa shape index (κ3) is 5.05. The van der Waals surface area contributed by atoms with E-state index < -0.39 is 0 Å². The topological polar surface area (TPSA) is 38.8 Å². The van der Waals surface area contributed by atoms with Crippen LogP contribution < -0.4 is 15.1 Å². The number of rotatable bonds is 6. The molecule has 0 aliphatic carbocycles. The van der Waals surface area contributed by atoms with Crippen molar-refractivity contribution in [3.8, 4) is 0 Å². The van der Waals surface area contributed by atoms with Crippen molar-refractivity contribution < 1.29 is 4.79 Å². The second kappa shape index (κ2) is 9.70. The minimum atomic E-state index is 0.0983. The average molecular weight is 359 g/mol. The van der Waals surface area contributed by atoms with Gasteiger partial charge in [-0.3, -0.25) is 0 Å². The van der Waals surface area contributed by atoms with Crippen LogP contribution in [0.3, 0.4) is 0 Å². The molecule has 2 saturated heterocycles. The molecule has 5 nitrogen and oxygen atoms in total. The van der Waals surface area contributed by atoms with E-state index in [2.05, 4.69) is 46.3 Å². The zero-order valence-electron chi connectivity index (χ0n) is 16.3. The van der Waals surface area contributed by atoms with Crippen molar-refractivity contribution in [3.63, 3.8) is 0 Å². The number of carbonyl (C=O) groups excluding carboxylic acids is 1. The standard InChI is InChI=1S/C21H34N4O/c1-2-3-5-12-22-21(26)25-17-15-24(16-18-25)20-10-8-19(9-11-20)23-13-6-4-7-14-23/h8-11H,2-7,12-18H2,1H3,(H,22,26). The Kier molecular flexibility index (Phi) is 7.04. The maximum Gasteiger partial charge on any atom is 0.317 e. The summed E-state index contributed by atoms with van der Waals surface area (Å²) in [6, 6.07) is 9.09. The molecule has 1 aromatic carbocycles. The molecular formula is C21H34N4O. The number of anilines is 2. The molecule has 2 aliphatic heterocycles. The van der Waals surface area contributed by atoms with E-state index in [1.807, 2.05) is 4.90 Å². The molecule has 5 heteroatoms. The van der Waals surface area contributed by atoms with Crippen LogP contribution in [0.1, 0.15) is 45.4 Å². The van der Waals surface area contributed by atoms with Crippen LogP contribution in [-0.2, 0) is 0 Å². The second-order valence-electron chi connectivity index (χ2n) is 7.48. The van der Waals surface area contributed by atoms with Gasteiger partial charge in [0.15, 0.2) is 0 Å². The number of amides is 2. The van der Waals surface area contributed by atoms with E-state index in [4.69, 9.17) is 0 Å². The maximum atomic E-state index is 12.2. The third-order valence-corrected chi connectivity index (χ3v) is 5.56. The fourth-order valence-electron chi connectivity index (χ4n) is 3.88. The summed E-state index contributed by atoms with van der Waals surface area (Å²) in [5.41, 5.74) is 2.62. The summed E-state index contributed by atoms with van der Waals surface area (Å²) in [4.78, 5) is 19.0. The van der Waals surface area contributed by atoms with Crippen molar-refractivity contribution in [1.82, 2.24) is 10.2 Å². The number of carbonyl (C=O) groups is 1. The summed E-state index contributed by atoms with van der Waals surface area (Å²) in [5, 5.41) is 3.05. The highest BCUT2D eigenvalue weighted by Gasteiger charge is 2.21. The molecule has 2 heterocycles. The molecule has 2 fully saturated rings. The van der Waals surface area contributed by atoms with Crippen LogP contribution in [0.25, 0.3) is 0 Å². The van der Waals surface area contributed by atoms with Crippen molar-refractivity contribution in [1.29, 1.82) is 0 Å². The first kappa shape index (κ1) is 18.9. The summed E-state index contributed by atoms with van der Waals surface area (Å²) >= 11 is 0.